The lowest BCUT2D eigenvalue weighted by Gasteiger charge is -2.16. The average molecular weight is 296 g/mol. The molecule has 0 fully saturated rings. The quantitative estimate of drug-likeness (QED) is 0.673. The van der Waals surface area contributed by atoms with Crippen molar-refractivity contribution < 1.29 is 31.1 Å². The van der Waals surface area contributed by atoms with Gasteiger partial charge in [-0.25, -0.2) is 0 Å². The van der Waals surface area contributed by atoms with Crippen molar-refractivity contribution in [3.05, 3.63) is 27.7 Å². The van der Waals surface area contributed by atoms with Crippen molar-refractivity contribution in [3.63, 3.8) is 0 Å². The number of rotatable bonds is 2. The van der Waals surface area contributed by atoms with Crippen LogP contribution in [0.2, 0.25) is 0 Å². The summed E-state index contributed by atoms with van der Waals surface area (Å²) in [5.41, 5.74) is -4.10. The largest absolute Gasteiger partial charge is 0.573 e. The Kier molecular flexibility index (Phi) is 3.84. The van der Waals surface area contributed by atoms with Gasteiger partial charge in [-0.15, -0.1) is 24.8 Å². The zero-order chi connectivity index (χ0) is 14.1. The van der Waals surface area contributed by atoms with Crippen LogP contribution in [0.15, 0.2) is 11.0 Å². The molecule has 0 atom stereocenters. The SMILES string of the molecule is O=c1[nH]cc(OC(F)(F)F)c(C(F)(F)F)c1CCl. The van der Waals surface area contributed by atoms with Crippen molar-refractivity contribution in [1.29, 1.82) is 0 Å². The normalized spacial score (nSPS) is 12.6. The maximum absolute atomic E-state index is 12.6. The number of hydrogen-bond acceptors (Lipinski definition) is 2. The molecule has 3 nitrogen and oxygen atoms in total. The van der Waals surface area contributed by atoms with Gasteiger partial charge in [0.05, 0.1) is 5.88 Å². The highest BCUT2D eigenvalue weighted by molar-refractivity contribution is 6.17. The van der Waals surface area contributed by atoms with Crippen LogP contribution >= 0.6 is 11.6 Å². The summed E-state index contributed by atoms with van der Waals surface area (Å²) >= 11 is 5.13. The average Bonchev–Trinajstić information content (AvgIpc) is 2.16. The molecule has 0 saturated carbocycles. The van der Waals surface area contributed by atoms with E-state index in [1.807, 2.05) is 0 Å². The van der Waals surface area contributed by atoms with E-state index in [4.69, 9.17) is 11.6 Å². The highest BCUT2D eigenvalue weighted by Crippen LogP contribution is 2.39. The van der Waals surface area contributed by atoms with E-state index >= 15 is 0 Å². The first-order valence-electron chi connectivity index (χ1n) is 4.19. The van der Waals surface area contributed by atoms with Gasteiger partial charge < -0.3 is 9.72 Å². The molecule has 1 N–H and O–H groups in total. The van der Waals surface area contributed by atoms with Crippen LogP contribution in [0.5, 0.6) is 5.75 Å². The smallest absolute Gasteiger partial charge is 0.404 e. The molecule has 0 radical (unpaired) electrons. The van der Waals surface area contributed by atoms with Crippen LogP contribution in [-0.4, -0.2) is 11.3 Å². The van der Waals surface area contributed by atoms with Crippen LogP contribution in [0.25, 0.3) is 0 Å². The van der Waals surface area contributed by atoms with E-state index in [0.717, 1.165) is 0 Å². The summed E-state index contributed by atoms with van der Waals surface area (Å²) in [5, 5.41) is 0. The van der Waals surface area contributed by atoms with E-state index < -0.39 is 40.9 Å². The van der Waals surface area contributed by atoms with Gasteiger partial charge >= 0.3 is 12.5 Å². The Morgan fingerprint density at radius 1 is 1.22 bits per heavy atom. The first kappa shape index (κ1) is 14.7. The van der Waals surface area contributed by atoms with Crippen molar-refractivity contribution in [3.8, 4) is 5.75 Å². The minimum Gasteiger partial charge on any atom is -0.404 e. The number of hydrogen-bond donors (Lipinski definition) is 1. The Hall–Kier alpha value is -1.38. The number of ether oxygens (including phenoxy) is 1. The molecule has 1 aromatic rings. The maximum atomic E-state index is 12.6. The molecule has 0 bridgehead atoms. The van der Waals surface area contributed by atoms with Crippen LogP contribution < -0.4 is 10.3 Å². The Morgan fingerprint density at radius 3 is 2.17 bits per heavy atom. The van der Waals surface area contributed by atoms with Gasteiger partial charge in [0.25, 0.3) is 5.56 Å². The molecule has 102 valence electrons. The van der Waals surface area contributed by atoms with Crippen molar-refractivity contribution in [1.82, 2.24) is 4.98 Å². The number of alkyl halides is 7. The third kappa shape index (κ3) is 3.31. The topological polar surface area (TPSA) is 42.1 Å². The minimum absolute atomic E-state index is 0.189. The predicted molar refractivity (Wildman–Crippen MR) is 48.3 cm³/mol. The van der Waals surface area contributed by atoms with E-state index in [-0.39, 0.29) is 6.20 Å². The zero-order valence-corrected chi connectivity index (χ0v) is 9.00. The van der Waals surface area contributed by atoms with E-state index in [9.17, 15) is 31.1 Å². The van der Waals surface area contributed by atoms with Crippen LogP contribution in [0.3, 0.4) is 0 Å². The number of pyridine rings is 1. The molecule has 0 aromatic carbocycles. The summed E-state index contributed by atoms with van der Waals surface area (Å²) in [4.78, 5) is 12.7. The Labute approximate surface area is 100 Å². The lowest BCUT2D eigenvalue weighted by molar-refractivity contribution is -0.276. The second-order valence-corrected chi connectivity index (χ2v) is 3.28. The molecule has 1 heterocycles. The molecular weight excluding hydrogens is 292 g/mol. The molecule has 0 unspecified atom stereocenters. The number of aromatic nitrogens is 1. The first-order chi connectivity index (χ1) is 8.06. The van der Waals surface area contributed by atoms with Gasteiger partial charge in [-0.3, -0.25) is 4.79 Å². The van der Waals surface area contributed by atoms with Crippen molar-refractivity contribution >= 4 is 11.6 Å². The minimum atomic E-state index is -5.32. The lowest BCUT2D eigenvalue weighted by Crippen LogP contribution is -2.25. The molecule has 0 saturated heterocycles. The van der Waals surface area contributed by atoms with Crippen LogP contribution in [0.1, 0.15) is 11.1 Å². The number of aromatic amines is 1. The summed E-state index contributed by atoms with van der Waals surface area (Å²) in [6, 6.07) is 0. The summed E-state index contributed by atoms with van der Waals surface area (Å²) in [5.74, 6) is -2.45. The molecule has 18 heavy (non-hydrogen) atoms. The maximum Gasteiger partial charge on any atom is 0.573 e. The van der Waals surface area contributed by atoms with Gasteiger partial charge in [0, 0.05) is 11.8 Å². The number of H-pyrrole nitrogens is 1. The third-order valence-electron chi connectivity index (χ3n) is 1.80. The third-order valence-corrected chi connectivity index (χ3v) is 2.07. The molecular formula is C8H4ClF6NO2. The zero-order valence-electron chi connectivity index (χ0n) is 8.25. The van der Waals surface area contributed by atoms with Gasteiger partial charge in [-0.2, -0.15) is 13.2 Å². The Balaban J connectivity index is 3.48. The highest BCUT2D eigenvalue weighted by atomic mass is 35.5. The van der Waals surface area contributed by atoms with Gasteiger partial charge in [0.15, 0.2) is 5.75 Å². The molecule has 1 aromatic heterocycles. The molecule has 0 aliphatic rings. The van der Waals surface area contributed by atoms with Crippen molar-refractivity contribution in [2.45, 2.75) is 18.4 Å². The molecule has 0 aliphatic carbocycles. The van der Waals surface area contributed by atoms with E-state index in [2.05, 4.69) is 4.74 Å². The highest BCUT2D eigenvalue weighted by Gasteiger charge is 2.42. The summed E-state index contributed by atoms with van der Waals surface area (Å²) in [7, 11) is 0. The van der Waals surface area contributed by atoms with Gasteiger partial charge in [-0.1, -0.05) is 0 Å². The first-order valence-corrected chi connectivity index (χ1v) is 4.73. The van der Waals surface area contributed by atoms with Crippen molar-refractivity contribution in [2.75, 3.05) is 0 Å². The molecule has 0 spiro atoms. The molecule has 1 rings (SSSR count). The molecule has 10 heteroatoms. The standard InChI is InChI=1S/C8H4ClF6NO2/c9-1-3-5(7(10,11)12)4(2-16-6(3)17)18-8(13,14)15/h2H,1H2,(H,16,17). The summed E-state index contributed by atoms with van der Waals surface area (Å²) in [6.07, 6.45) is -10.3. The Morgan fingerprint density at radius 2 is 1.78 bits per heavy atom. The van der Waals surface area contributed by atoms with Crippen LogP contribution in [-0.2, 0) is 12.1 Å². The van der Waals surface area contributed by atoms with E-state index in [1.165, 1.54) is 0 Å². The number of halogens is 7. The fourth-order valence-electron chi connectivity index (χ4n) is 1.20. The molecule has 0 aliphatic heterocycles. The Bertz CT molecular complexity index is 492. The lowest BCUT2D eigenvalue weighted by atomic mass is 10.1. The second kappa shape index (κ2) is 4.71. The summed E-state index contributed by atoms with van der Waals surface area (Å²) < 4.78 is 76.8. The fraction of sp³-hybridized carbons (Fsp3) is 0.375. The van der Waals surface area contributed by atoms with E-state index in [1.54, 1.807) is 4.98 Å². The monoisotopic (exact) mass is 295 g/mol. The van der Waals surface area contributed by atoms with Gasteiger partial charge in [0.1, 0.15) is 5.56 Å². The predicted octanol–water partition coefficient (Wildman–Crippen LogP) is 3.03. The second-order valence-electron chi connectivity index (χ2n) is 3.01. The van der Waals surface area contributed by atoms with Crippen LogP contribution in [0, 0.1) is 0 Å². The molecule has 0 amide bonds. The van der Waals surface area contributed by atoms with E-state index in [0.29, 0.717) is 0 Å². The van der Waals surface area contributed by atoms with Gasteiger partial charge in [-0.05, 0) is 0 Å². The van der Waals surface area contributed by atoms with Crippen molar-refractivity contribution in [2.24, 2.45) is 0 Å². The fourth-order valence-corrected chi connectivity index (χ4v) is 1.45. The van der Waals surface area contributed by atoms with Gasteiger partial charge in [0.2, 0.25) is 0 Å². The number of nitrogens with one attached hydrogen (secondary N) is 1. The van der Waals surface area contributed by atoms with Crippen LogP contribution in [0.4, 0.5) is 26.3 Å². The summed E-state index contributed by atoms with van der Waals surface area (Å²) in [6.45, 7) is 0.